The number of halogens is 2. The molecule has 86 valence electrons. The van der Waals surface area contributed by atoms with Gasteiger partial charge < -0.3 is 5.32 Å². The lowest BCUT2D eigenvalue weighted by Gasteiger charge is -2.05. The minimum atomic E-state index is -0.364. The molecule has 0 bridgehead atoms. The number of benzene rings is 1. The highest BCUT2D eigenvalue weighted by molar-refractivity contribution is 9.10. The van der Waals surface area contributed by atoms with Crippen molar-refractivity contribution in [2.75, 3.05) is 6.54 Å². The zero-order valence-electron chi connectivity index (χ0n) is 8.97. The number of carbonyl (C=O) groups excluding carboxylic acids is 1. The summed E-state index contributed by atoms with van der Waals surface area (Å²) < 4.78 is 13.3. The summed E-state index contributed by atoms with van der Waals surface area (Å²) in [5.41, 5.74) is 0.446. The molecular weight excluding hydrogens is 273 g/mol. The predicted octanol–water partition coefficient (Wildman–Crippen LogP) is 3.28. The van der Waals surface area contributed by atoms with E-state index in [0.717, 1.165) is 6.42 Å². The first kappa shape index (κ1) is 12.9. The highest BCUT2D eigenvalue weighted by atomic mass is 79.9. The van der Waals surface area contributed by atoms with Crippen LogP contribution in [0.15, 0.2) is 34.8 Å². The molecule has 1 amide bonds. The molecule has 1 N–H and O–H groups in total. The first-order valence-electron chi connectivity index (χ1n) is 4.99. The molecule has 0 aliphatic rings. The first-order valence-corrected chi connectivity index (χ1v) is 5.79. The number of nitrogens with one attached hydrogen (secondary N) is 1. The van der Waals surface area contributed by atoms with Gasteiger partial charge in [-0.2, -0.15) is 0 Å². The minimum absolute atomic E-state index is 0.198. The van der Waals surface area contributed by atoms with E-state index in [1.807, 2.05) is 19.1 Å². The van der Waals surface area contributed by atoms with E-state index >= 15 is 0 Å². The smallest absolute Gasteiger partial charge is 0.252 e. The molecular formula is C12H13BrFNO. The Morgan fingerprint density at radius 2 is 2.31 bits per heavy atom. The monoisotopic (exact) mass is 285 g/mol. The average molecular weight is 286 g/mol. The van der Waals surface area contributed by atoms with Crippen LogP contribution in [0.3, 0.4) is 0 Å². The van der Waals surface area contributed by atoms with Gasteiger partial charge in [-0.1, -0.05) is 12.2 Å². The molecule has 1 rings (SSSR count). The second-order valence-corrected chi connectivity index (χ2v) is 4.09. The summed E-state index contributed by atoms with van der Waals surface area (Å²) in [4.78, 5) is 11.7. The van der Waals surface area contributed by atoms with Crippen LogP contribution in [0.2, 0.25) is 0 Å². The molecule has 0 radical (unpaired) electrons. The lowest BCUT2D eigenvalue weighted by Crippen LogP contribution is -2.24. The third kappa shape index (κ3) is 3.77. The number of rotatable bonds is 4. The van der Waals surface area contributed by atoms with Crippen molar-refractivity contribution in [1.29, 1.82) is 0 Å². The van der Waals surface area contributed by atoms with Crippen molar-refractivity contribution in [3.8, 4) is 0 Å². The van der Waals surface area contributed by atoms with Crippen molar-refractivity contribution in [1.82, 2.24) is 5.32 Å². The van der Waals surface area contributed by atoms with E-state index in [0.29, 0.717) is 16.6 Å². The third-order valence-corrected chi connectivity index (χ3v) is 2.66. The Bertz CT molecular complexity index is 404. The Morgan fingerprint density at radius 3 is 2.94 bits per heavy atom. The molecule has 0 aromatic heterocycles. The molecule has 0 fully saturated rings. The van der Waals surface area contributed by atoms with Gasteiger partial charge >= 0.3 is 0 Å². The van der Waals surface area contributed by atoms with Gasteiger partial charge in [0.05, 0.1) is 5.56 Å². The highest BCUT2D eigenvalue weighted by Gasteiger charge is 2.09. The van der Waals surface area contributed by atoms with Gasteiger partial charge in [0.25, 0.3) is 5.91 Å². The molecule has 0 unspecified atom stereocenters. The summed E-state index contributed by atoms with van der Waals surface area (Å²) in [5, 5.41) is 2.75. The zero-order valence-corrected chi connectivity index (χ0v) is 10.6. The fourth-order valence-electron chi connectivity index (χ4n) is 1.20. The van der Waals surface area contributed by atoms with Gasteiger partial charge in [0.2, 0.25) is 0 Å². The molecule has 0 spiro atoms. The molecule has 0 atom stereocenters. The molecule has 4 heteroatoms. The Balaban J connectivity index is 2.59. The van der Waals surface area contributed by atoms with Gasteiger partial charge in [-0.05, 0) is 47.5 Å². The quantitative estimate of drug-likeness (QED) is 0.668. The largest absolute Gasteiger partial charge is 0.352 e. The van der Waals surface area contributed by atoms with Gasteiger partial charge in [0.15, 0.2) is 0 Å². The van der Waals surface area contributed by atoms with Gasteiger partial charge in [-0.15, -0.1) is 0 Å². The second-order valence-electron chi connectivity index (χ2n) is 3.24. The maximum atomic E-state index is 12.8. The van der Waals surface area contributed by atoms with Crippen LogP contribution in [0, 0.1) is 5.82 Å². The van der Waals surface area contributed by atoms with E-state index in [-0.39, 0.29) is 11.7 Å². The van der Waals surface area contributed by atoms with Gasteiger partial charge in [-0.3, -0.25) is 4.79 Å². The average Bonchev–Trinajstić information content (AvgIpc) is 2.24. The highest BCUT2D eigenvalue weighted by Crippen LogP contribution is 2.17. The summed E-state index contributed by atoms with van der Waals surface area (Å²) in [6.07, 6.45) is 4.70. The Hall–Kier alpha value is -1.16. The first-order chi connectivity index (χ1) is 7.65. The fourth-order valence-corrected chi connectivity index (χ4v) is 1.74. The summed E-state index contributed by atoms with van der Waals surface area (Å²) in [5.74, 6) is -0.561. The molecule has 0 saturated carbocycles. The normalized spacial score (nSPS) is 10.7. The van der Waals surface area contributed by atoms with E-state index in [9.17, 15) is 9.18 Å². The van der Waals surface area contributed by atoms with Crippen LogP contribution in [-0.2, 0) is 0 Å². The lowest BCUT2D eigenvalue weighted by atomic mass is 10.2. The molecule has 1 aromatic rings. The van der Waals surface area contributed by atoms with Crippen LogP contribution in [0.25, 0.3) is 0 Å². The van der Waals surface area contributed by atoms with Crippen LogP contribution in [0.4, 0.5) is 4.39 Å². The van der Waals surface area contributed by atoms with Gasteiger partial charge in [0, 0.05) is 11.0 Å². The van der Waals surface area contributed by atoms with E-state index in [4.69, 9.17) is 0 Å². The van der Waals surface area contributed by atoms with Gasteiger partial charge in [-0.25, -0.2) is 4.39 Å². The second kappa shape index (κ2) is 6.43. The van der Waals surface area contributed by atoms with Crippen molar-refractivity contribution in [2.45, 2.75) is 13.3 Å². The van der Waals surface area contributed by atoms with Crippen molar-refractivity contribution in [3.05, 3.63) is 46.2 Å². The van der Waals surface area contributed by atoms with E-state index in [1.165, 1.54) is 18.2 Å². The van der Waals surface area contributed by atoms with Crippen LogP contribution in [-0.4, -0.2) is 12.5 Å². The van der Waals surface area contributed by atoms with Crippen LogP contribution in [0.1, 0.15) is 23.7 Å². The van der Waals surface area contributed by atoms with Crippen molar-refractivity contribution < 1.29 is 9.18 Å². The summed E-state index contributed by atoms with van der Waals surface area (Å²) >= 11 is 3.16. The number of hydrogen-bond donors (Lipinski definition) is 1. The van der Waals surface area contributed by atoms with E-state index < -0.39 is 0 Å². The zero-order chi connectivity index (χ0) is 12.0. The molecule has 0 saturated heterocycles. The third-order valence-electron chi connectivity index (χ3n) is 2.01. The molecule has 2 nitrogen and oxygen atoms in total. The molecule has 1 aromatic carbocycles. The minimum Gasteiger partial charge on any atom is -0.352 e. The fraction of sp³-hybridized carbons (Fsp3) is 0.250. The molecule has 0 aliphatic heterocycles. The topological polar surface area (TPSA) is 29.1 Å². The Morgan fingerprint density at radius 1 is 1.56 bits per heavy atom. The maximum Gasteiger partial charge on any atom is 0.252 e. The van der Waals surface area contributed by atoms with Gasteiger partial charge in [0.1, 0.15) is 5.82 Å². The van der Waals surface area contributed by atoms with Crippen LogP contribution >= 0.6 is 15.9 Å². The van der Waals surface area contributed by atoms with E-state index in [2.05, 4.69) is 21.2 Å². The number of carbonyl (C=O) groups is 1. The molecule has 16 heavy (non-hydrogen) atoms. The van der Waals surface area contributed by atoms with Crippen molar-refractivity contribution >= 4 is 21.8 Å². The Kier molecular flexibility index (Phi) is 5.19. The van der Waals surface area contributed by atoms with Crippen LogP contribution in [0.5, 0.6) is 0 Å². The standard InChI is InChI=1S/C12H13BrFNO/c1-2-3-4-7-15-12(16)10-6-5-9(14)8-11(10)13/h2-3,5-6,8H,4,7H2,1H3,(H,15,16)/b3-2-. The lowest BCUT2D eigenvalue weighted by molar-refractivity contribution is 0.0953. The maximum absolute atomic E-state index is 12.8. The summed E-state index contributed by atoms with van der Waals surface area (Å²) in [6, 6.07) is 4.01. The molecule has 0 aliphatic carbocycles. The van der Waals surface area contributed by atoms with Crippen molar-refractivity contribution in [3.63, 3.8) is 0 Å². The molecule has 0 heterocycles. The summed E-state index contributed by atoms with van der Waals surface area (Å²) in [6.45, 7) is 2.51. The van der Waals surface area contributed by atoms with Crippen molar-refractivity contribution in [2.24, 2.45) is 0 Å². The Labute approximate surface area is 103 Å². The predicted molar refractivity (Wildman–Crippen MR) is 65.9 cm³/mol. The number of amides is 1. The SMILES string of the molecule is C/C=C\CCNC(=O)c1ccc(F)cc1Br. The summed E-state index contributed by atoms with van der Waals surface area (Å²) in [7, 11) is 0. The number of allylic oxidation sites excluding steroid dienone is 1. The van der Waals surface area contributed by atoms with E-state index in [1.54, 1.807) is 0 Å². The van der Waals surface area contributed by atoms with Crippen LogP contribution < -0.4 is 5.32 Å². The number of hydrogen-bond acceptors (Lipinski definition) is 1.